The summed E-state index contributed by atoms with van der Waals surface area (Å²) in [6.45, 7) is 2.51. The fourth-order valence-corrected chi connectivity index (χ4v) is 3.12. The molecule has 0 aromatic heterocycles. The lowest BCUT2D eigenvalue weighted by Crippen LogP contribution is -2.55. The van der Waals surface area contributed by atoms with Crippen molar-refractivity contribution in [3.63, 3.8) is 0 Å². The lowest BCUT2D eigenvalue weighted by Gasteiger charge is -2.37. The monoisotopic (exact) mass is 358 g/mol. The van der Waals surface area contributed by atoms with Gasteiger partial charge in [-0.2, -0.15) is 0 Å². The molecule has 0 radical (unpaired) electrons. The quantitative estimate of drug-likeness (QED) is 0.329. The Hall–Kier alpha value is -0.460. The molecule has 5 heteroatoms. The Morgan fingerprint density at radius 3 is 2.28 bits per heavy atom. The molecule has 4 atom stereocenters. The second kappa shape index (κ2) is 14.7. The maximum Gasteiger partial charge on any atom is 0.114 e. The molecule has 0 aromatic carbocycles. The van der Waals surface area contributed by atoms with Gasteiger partial charge in [0, 0.05) is 0 Å². The van der Waals surface area contributed by atoms with E-state index in [2.05, 4.69) is 19.1 Å². The number of aliphatic hydroxyl groups excluding tert-OH is 3. The molecular weight excluding hydrogens is 320 g/mol. The van der Waals surface area contributed by atoms with Crippen molar-refractivity contribution >= 4 is 0 Å². The number of hydrogen-bond acceptors (Lipinski definition) is 5. The van der Waals surface area contributed by atoms with E-state index in [-0.39, 0.29) is 13.2 Å². The molecule has 1 rings (SSSR count). The Kier molecular flexibility index (Phi) is 13.3. The van der Waals surface area contributed by atoms with Crippen LogP contribution in [0, 0.1) is 0 Å². The first-order valence-corrected chi connectivity index (χ1v) is 10.1. The van der Waals surface area contributed by atoms with Crippen molar-refractivity contribution < 1.29 is 24.8 Å². The summed E-state index contributed by atoms with van der Waals surface area (Å²) in [7, 11) is 0. The summed E-state index contributed by atoms with van der Waals surface area (Å²) in [6.07, 6.45) is 13.6. The lowest BCUT2D eigenvalue weighted by atomic mass is 10.0. The Morgan fingerprint density at radius 1 is 0.960 bits per heavy atom. The SMILES string of the molecule is CCCCCCCCCC/C=C/CCO[C@@H]1[C@@H](O)[C@H](O)CO[C@H]1CO. The van der Waals surface area contributed by atoms with E-state index in [4.69, 9.17) is 9.47 Å². The Balaban J connectivity index is 2.00. The van der Waals surface area contributed by atoms with Crippen molar-refractivity contribution in [1.29, 1.82) is 0 Å². The molecule has 1 fully saturated rings. The molecule has 0 aliphatic carbocycles. The minimum absolute atomic E-state index is 0.0325. The highest BCUT2D eigenvalue weighted by Crippen LogP contribution is 2.19. The zero-order chi connectivity index (χ0) is 18.3. The normalized spacial score (nSPS) is 27.2. The van der Waals surface area contributed by atoms with Crippen molar-refractivity contribution in [2.45, 2.75) is 95.5 Å². The zero-order valence-electron chi connectivity index (χ0n) is 15.8. The zero-order valence-corrected chi connectivity index (χ0v) is 15.8. The largest absolute Gasteiger partial charge is 0.394 e. The van der Waals surface area contributed by atoms with Crippen molar-refractivity contribution in [2.75, 3.05) is 19.8 Å². The molecule has 1 aliphatic heterocycles. The molecule has 1 heterocycles. The van der Waals surface area contributed by atoms with Crippen molar-refractivity contribution in [3.05, 3.63) is 12.2 Å². The average molecular weight is 359 g/mol. The molecule has 5 nitrogen and oxygen atoms in total. The van der Waals surface area contributed by atoms with Gasteiger partial charge in [0.25, 0.3) is 0 Å². The first-order valence-electron chi connectivity index (χ1n) is 10.1. The predicted octanol–water partition coefficient (Wildman–Crippen LogP) is 2.96. The van der Waals surface area contributed by atoms with Gasteiger partial charge in [-0.3, -0.25) is 0 Å². The van der Waals surface area contributed by atoms with Crippen LogP contribution in [0.5, 0.6) is 0 Å². The highest BCUT2D eigenvalue weighted by molar-refractivity contribution is 4.88. The standard InChI is InChI=1S/C20H38O5/c1-2-3-4-5-6-7-8-9-10-11-12-13-14-24-20-18(15-21)25-16-17(22)19(20)23/h11-12,17-23H,2-10,13-16H2,1H3/b12-11+/t17-,18+,19+,20+/m1/s1. The summed E-state index contributed by atoms with van der Waals surface area (Å²) in [6, 6.07) is 0. The Labute approximate surface area is 153 Å². The maximum absolute atomic E-state index is 9.95. The van der Waals surface area contributed by atoms with Crippen LogP contribution < -0.4 is 0 Å². The molecule has 148 valence electrons. The van der Waals surface area contributed by atoms with Gasteiger partial charge >= 0.3 is 0 Å². The van der Waals surface area contributed by atoms with Gasteiger partial charge in [0.1, 0.15) is 24.4 Å². The first-order chi connectivity index (χ1) is 12.2. The number of hydrogen-bond donors (Lipinski definition) is 3. The summed E-state index contributed by atoms with van der Waals surface area (Å²) in [5.41, 5.74) is 0. The van der Waals surface area contributed by atoms with Crippen LogP contribution in [-0.2, 0) is 9.47 Å². The highest BCUT2D eigenvalue weighted by atomic mass is 16.6. The minimum atomic E-state index is -1.01. The van der Waals surface area contributed by atoms with Gasteiger partial charge in [0.05, 0.1) is 19.8 Å². The molecular formula is C20H38O5. The van der Waals surface area contributed by atoms with Crippen molar-refractivity contribution in [3.8, 4) is 0 Å². The van der Waals surface area contributed by atoms with Crippen LogP contribution in [0.1, 0.15) is 71.1 Å². The van der Waals surface area contributed by atoms with E-state index in [0.717, 1.165) is 12.8 Å². The molecule has 1 saturated heterocycles. The summed E-state index contributed by atoms with van der Waals surface area (Å²) >= 11 is 0. The summed E-state index contributed by atoms with van der Waals surface area (Å²) in [4.78, 5) is 0. The van der Waals surface area contributed by atoms with Gasteiger partial charge < -0.3 is 24.8 Å². The van der Waals surface area contributed by atoms with Crippen LogP contribution in [0.2, 0.25) is 0 Å². The van der Waals surface area contributed by atoms with Crippen LogP contribution in [0.4, 0.5) is 0 Å². The maximum atomic E-state index is 9.95. The van der Waals surface area contributed by atoms with Gasteiger partial charge in [-0.25, -0.2) is 0 Å². The summed E-state index contributed by atoms with van der Waals surface area (Å²) < 4.78 is 10.9. The van der Waals surface area contributed by atoms with Crippen LogP contribution >= 0.6 is 0 Å². The third-order valence-electron chi connectivity index (χ3n) is 4.74. The number of ether oxygens (including phenoxy) is 2. The number of aliphatic hydroxyl groups is 3. The van der Waals surface area contributed by atoms with E-state index in [0.29, 0.717) is 6.61 Å². The summed E-state index contributed by atoms with van der Waals surface area (Å²) in [5.74, 6) is 0. The van der Waals surface area contributed by atoms with E-state index >= 15 is 0 Å². The molecule has 3 N–H and O–H groups in total. The molecule has 1 aliphatic rings. The molecule has 0 bridgehead atoms. The van der Waals surface area contributed by atoms with Gasteiger partial charge in [0.2, 0.25) is 0 Å². The first kappa shape index (κ1) is 22.6. The lowest BCUT2D eigenvalue weighted by molar-refractivity contribution is -0.211. The summed E-state index contributed by atoms with van der Waals surface area (Å²) in [5, 5.41) is 28.8. The smallest absolute Gasteiger partial charge is 0.114 e. The highest BCUT2D eigenvalue weighted by Gasteiger charge is 2.39. The van der Waals surface area contributed by atoms with Gasteiger partial charge in [0.15, 0.2) is 0 Å². The number of allylic oxidation sites excluding steroid dienone is 1. The fourth-order valence-electron chi connectivity index (χ4n) is 3.12. The average Bonchev–Trinajstić information content (AvgIpc) is 2.62. The van der Waals surface area contributed by atoms with Crippen LogP contribution in [0.15, 0.2) is 12.2 Å². The molecule has 0 saturated carbocycles. The third-order valence-corrected chi connectivity index (χ3v) is 4.74. The van der Waals surface area contributed by atoms with E-state index < -0.39 is 24.4 Å². The van der Waals surface area contributed by atoms with Crippen molar-refractivity contribution in [2.24, 2.45) is 0 Å². The van der Waals surface area contributed by atoms with Crippen LogP contribution in [-0.4, -0.2) is 59.6 Å². The third kappa shape index (κ3) is 9.71. The number of rotatable bonds is 14. The molecule has 0 unspecified atom stereocenters. The topological polar surface area (TPSA) is 79.2 Å². The van der Waals surface area contributed by atoms with Crippen LogP contribution in [0.25, 0.3) is 0 Å². The second-order valence-electron chi connectivity index (χ2n) is 6.97. The minimum Gasteiger partial charge on any atom is -0.394 e. The number of unbranched alkanes of at least 4 members (excludes halogenated alkanes) is 8. The van der Waals surface area contributed by atoms with E-state index in [1.165, 1.54) is 51.4 Å². The Morgan fingerprint density at radius 2 is 1.60 bits per heavy atom. The van der Waals surface area contributed by atoms with Gasteiger partial charge in [-0.1, -0.05) is 64.0 Å². The van der Waals surface area contributed by atoms with E-state index in [1.807, 2.05) is 0 Å². The molecule has 25 heavy (non-hydrogen) atoms. The van der Waals surface area contributed by atoms with Crippen molar-refractivity contribution in [1.82, 2.24) is 0 Å². The predicted molar refractivity (Wildman–Crippen MR) is 99.6 cm³/mol. The molecule has 0 spiro atoms. The Bertz CT molecular complexity index is 332. The van der Waals surface area contributed by atoms with Gasteiger partial charge in [-0.05, 0) is 19.3 Å². The molecule has 0 aromatic rings. The molecule has 0 amide bonds. The van der Waals surface area contributed by atoms with E-state index in [9.17, 15) is 15.3 Å². The van der Waals surface area contributed by atoms with Crippen LogP contribution in [0.3, 0.4) is 0 Å². The fraction of sp³-hybridized carbons (Fsp3) is 0.900. The van der Waals surface area contributed by atoms with Gasteiger partial charge in [-0.15, -0.1) is 0 Å². The second-order valence-corrected chi connectivity index (χ2v) is 6.97. The van der Waals surface area contributed by atoms with E-state index in [1.54, 1.807) is 0 Å².